The molecule has 1 rings (SSSR count). The number of hydrogen-bond donors (Lipinski definition) is 4. The fourth-order valence-corrected chi connectivity index (χ4v) is 2.35. The number of likely N-dealkylation sites (tertiary alicyclic amines) is 1. The van der Waals surface area contributed by atoms with Gasteiger partial charge < -0.3 is 25.5 Å². The fraction of sp³-hybridized carbons (Fsp3) is 0.769. The summed E-state index contributed by atoms with van der Waals surface area (Å²) in [6, 6.07) is -1.71. The molecule has 8 nitrogen and oxygen atoms in total. The minimum atomic E-state index is -1.25. The summed E-state index contributed by atoms with van der Waals surface area (Å²) in [5, 5.41) is 29.4. The molecule has 21 heavy (non-hydrogen) atoms. The quantitative estimate of drug-likeness (QED) is 0.551. The van der Waals surface area contributed by atoms with E-state index in [9.17, 15) is 19.5 Å². The Hall–Kier alpha value is -1.83. The average molecular weight is 302 g/mol. The number of rotatable bonds is 6. The maximum absolute atomic E-state index is 12.0. The number of carboxylic acid groups (broad SMARTS) is 2. The molecule has 120 valence electrons. The minimum Gasteiger partial charge on any atom is -0.481 e. The first kappa shape index (κ1) is 17.2. The molecule has 0 aromatic carbocycles. The maximum atomic E-state index is 12.0. The van der Waals surface area contributed by atoms with Crippen molar-refractivity contribution < 1.29 is 29.7 Å². The summed E-state index contributed by atoms with van der Waals surface area (Å²) >= 11 is 0. The van der Waals surface area contributed by atoms with Crippen molar-refractivity contribution in [2.75, 3.05) is 13.1 Å². The van der Waals surface area contributed by atoms with Gasteiger partial charge in [-0.2, -0.15) is 0 Å². The third-order valence-electron chi connectivity index (χ3n) is 3.75. The molecule has 1 unspecified atom stereocenters. The number of nitrogens with zero attached hydrogens (tertiary/aromatic N) is 1. The molecule has 0 spiro atoms. The Morgan fingerprint density at radius 1 is 1.24 bits per heavy atom. The van der Waals surface area contributed by atoms with Crippen molar-refractivity contribution in [3.63, 3.8) is 0 Å². The summed E-state index contributed by atoms with van der Waals surface area (Å²) < 4.78 is 0. The molecule has 0 aromatic rings. The highest BCUT2D eigenvalue weighted by Gasteiger charge is 2.28. The van der Waals surface area contributed by atoms with Crippen LogP contribution >= 0.6 is 0 Å². The van der Waals surface area contributed by atoms with Gasteiger partial charge in [-0.05, 0) is 32.1 Å². The summed E-state index contributed by atoms with van der Waals surface area (Å²) in [5.74, 6) is -2.20. The van der Waals surface area contributed by atoms with Gasteiger partial charge in [0.25, 0.3) is 0 Å². The number of carbonyl (C=O) groups is 3. The van der Waals surface area contributed by atoms with Crippen LogP contribution in [-0.4, -0.2) is 63.4 Å². The van der Waals surface area contributed by atoms with Crippen LogP contribution in [0.3, 0.4) is 0 Å². The number of hydrogen-bond acceptors (Lipinski definition) is 4. The van der Waals surface area contributed by atoms with Crippen molar-refractivity contribution in [3.8, 4) is 0 Å². The van der Waals surface area contributed by atoms with Gasteiger partial charge in [-0.1, -0.05) is 0 Å². The number of piperidine rings is 1. The van der Waals surface area contributed by atoms with E-state index in [1.165, 1.54) is 4.90 Å². The van der Waals surface area contributed by atoms with Crippen LogP contribution in [0.4, 0.5) is 4.79 Å². The Morgan fingerprint density at radius 3 is 2.24 bits per heavy atom. The lowest BCUT2D eigenvalue weighted by atomic mass is 9.92. The lowest BCUT2D eigenvalue weighted by molar-refractivity contribution is -0.140. The van der Waals surface area contributed by atoms with E-state index < -0.39 is 30.1 Å². The zero-order valence-corrected chi connectivity index (χ0v) is 12.0. The first-order valence-corrected chi connectivity index (χ1v) is 6.99. The summed E-state index contributed by atoms with van der Waals surface area (Å²) in [6.45, 7) is 2.62. The molecule has 0 aromatic heterocycles. The average Bonchev–Trinajstić information content (AvgIpc) is 2.42. The molecule has 0 radical (unpaired) electrons. The van der Waals surface area contributed by atoms with E-state index in [0.29, 0.717) is 25.9 Å². The topological polar surface area (TPSA) is 127 Å². The molecule has 1 saturated heterocycles. The SMILES string of the molecule is CC(O)C1CCN(C(=O)N[C@@H](CCC(=O)O)C(=O)O)CC1. The van der Waals surface area contributed by atoms with E-state index >= 15 is 0 Å². The van der Waals surface area contributed by atoms with Crippen molar-refractivity contribution in [3.05, 3.63) is 0 Å². The predicted molar refractivity (Wildman–Crippen MR) is 72.8 cm³/mol. The van der Waals surface area contributed by atoms with E-state index in [-0.39, 0.29) is 18.8 Å². The van der Waals surface area contributed by atoms with E-state index in [1.807, 2.05) is 0 Å². The van der Waals surface area contributed by atoms with Crippen LogP contribution in [0.5, 0.6) is 0 Å². The maximum Gasteiger partial charge on any atom is 0.326 e. The molecule has 1 heterocycles. The lowest BCUT2D eigenvalue weighted by Gasteiger charge is -2.33. The van der Waals surface area contributed by atoms with Gasteiger partial charge in [-0.3, -0.25) is 4.79 Å². The van der Waals surface area contributed by atoms with E-state index in [4.69, 9.17) is 10.2 Å². The molecule has 1 fully saturated rings. The first-order valence-electron chi connectivity index (χ1n) is 6.99. The van der Waals surface area contributed by atoms with Crippen LogP contribution in [-0.2, 0) is 9.59 Å². The number of urea groups is 1. The van der Waals surface area contributed by atoms with Crippen LogP contribution in [0, 0.1) is 5.92 Å². The normalized spacial score (nSPS) is 18.9. The summed E-state index contributed by atoms with van der Waals surface area (Å²) in [5.41, 5.74) is 0. The molecule has 4 N–H and O–H groups in total. The number of amides is 2. The number of aliphatic hydroxyl groups is 1. The standard InChI is InChI=1S/C13H22N2O6/c1-8(16)9-4-6-15(7-5-9)13(21)14-10(12(19)20)2-3-11(17)18/h8-10,16H,2-7H2,1H3,(H,14,21)(H,17,18)(H,19,20)/t8?,10-/m0/s1. The number of aliphatic hydroxyl groups excluding tert-OH is 1. The molecular formula is C13H22N2O6. The molecule has 0 bridgehead atoms. The van der Waals surface area contributed by atoms with Crippen LogP contribution < -0.4 is 5.32 Å². The van der Waals surface area contributed by atoms with Gasteiger partial charge >= 0.3 is 18.0 Å². The minimum absolute atomic E-state index is 0.149. The zero-order valence-electron chi connectivity index (χ0n) is 12.0. The smallest absolute Gasteiger partial charge is 0.326 e. The Morgan fingerprint density at radius 2 is 1.81 bits per heavy atom. The first-order chi connectivity index (χ1) is 9.81. The number of aliphatic carboxylic acids is 2. The molecule has 1 aliphatic heterocycles. The zero-order chi connectivity index (χ0) is 16.0. The summed E-state index contributed by atoms with van der Waals surface area (Å²) in [4.78, 5) is 35.0. The van der Waals surface area contributed by atoms with E-state index in [1.54, 1.807) is 6.92 Å². The summed E-state index contributed by atoms with van der Waals surface area (Å²) in [7, 11) is 0. The lowest BCUT2D eigenvalue weighted by Crippen LogP contribution is -2.50. The number of nitrogens with one attached hydrogen (secondary N) is 1. The van der Waals surface area contributed by atoms with Crippen molar-refractivity contribution in [2.24, 2.45) is 5.92 Å². The Kier molecular flexibility index (Phi) is 6.41. The monoisotopic (exact) mass is 302 g/mol. The molecule has 8 heteroatoms. The van der Waals surface area contributed by atoms with Gasteiger partial charge in [-0.15, -0.1) is 0 Å². The largest absolute Gasteiger partial charge is 0.481 e. The van der Waals surface area contributed by atoms with Gasteiger partial charge in [0.1, 0.15) is 6.04 Å². The van der Waals surface area contributed by atoms with E-state index in [2.05, 4.69) is 5.32 Å². The van der Waals surface area contributed by atoms with Gasteiger partial charge in [-0.25, -0.2) is 9.59 Å². The van der Waals surface area contributed by atoms with Crippen LogP contribution in [0.2, 0.25) is 0 Å². The van der Waals surface area contributed by atoms with Gasteiger partial charge in [0, 0.05) is 19.5 Å². The second kappa shape index (κ2) is 7.82. The third kappa shape index (κ3) is 5.58. The second-order valence-corrected chi connectivity index (χ2v) is 5.34. The molecule has 0 aliphatic carbocycles. The molecule has 2 amide bonds. The Bertz CT molecular complexity index is 390. The third-order valence-corrected chi connectivity index (χ3v) is 3.75. The van der Waals surface area contributed by atoms with Crippen LogP contribution in [0.15, 0.2) is 0 Å². The highest BCUT2D eigenvalue weighted by Crippen LogP contribution is 2.20. The molecule has 2 atom stereocenters. The van der Waals surface area contributed by atoms with Gasteiger partial charge in [0.15, 0.2) is 0 Å². The fourth-order valence-electron chi connectivity index (χ4n) is 2.35. The predicted octanol–water partition coefficient (Wildman–Crippen LogP) is 0.107. The second-order valence-electron chi connectivity index (χ2n) is 5.34. The van der Waals surface area contributed by atoms with Crippen molar-refractivity contribution in [1.82, 2.24) is 10.2 Å². The van der Waals surface area contributed by atoms with Gasteiger partial charge in [0.2, 0.25) is 0 Å². The van der Waals surface area contributed by atoms with E-state index in [0.717, 1.165) is 0 Å². The van der Waals surface area contributed by atoms with Crippen molar-refractivity contribution in [1.29, 1.82) is 0 Å². The van der Waals surface area contributed by atoms with Gasteiger partial charge in [0.05, 0.1) is 6.10 Å². The Balaban J connectivity index is 2.47. The highest BCUT2D eigenvalue weighted by molar-refractivity contribution is 5.83. The van der Waals surface area contributed by atoms with Crippen molar-refractivity contribution in [2.45, 2.75) is 44.8 Å². The van der Waals surface area contributed by atoms with Crippen LogP contribution in [0.1, 0.15) is 32.6 Å². The number of carboxylic acids is 2. The summed E-state index contributed by atoms with van der Waals surface area (Å²) in [6.07, 6.45) is 0.440. The molecular weight excluding hydrogens is 280 g/mol. The van der Waals surface area contributed by atoms with Crippen LogP contribution in [0.25, 0.3) is 0 Å². The molecule has 0 saturated carbocycles. The Labute approximate surface area is 122 Å². The van der Waals surface area contributed by atoms with Crippen molar-refractivity contribution >= 4 is 18.0 Å². The molecule has 1 aliphatic rings. The number of carbonyl (C=O) groups excluding carboxylic acids is 1. The highest BCUT2D eigenvalue weighted by atomic mass is 16.4.